The van der Waals surface area contributed by atoms with Gasteiger partial charge in [-0.15, -0.1) is 0 Å². The molecule has 33 heavy (non-hydrogen) atoms. The SMILES string of the molecule is Cc1cc(C(F)(F)F)cc2c1nc(Cc1c(Cl)ccc(C(=O)N3CC(N(C)C)C3)c1Cl)n2C. The number of alkyl halides is 3. The van der Waals surface area contributed by atoms with Crippen molar-refractivity contribution >= 4 is 40.1 Å². The minimum atomic E-state index is -4.45. The first kappa shape index (κ1) is 23.9. The van der Waals surface area contributed by atoms with E-state index in [0.717, 1.165) is 12.1 Å². The van der Waals surface area contributed by atoms with E-state index in [1.165, 1.54) is 0 Å². The molecule has 0 radical (unpaired) electrons. The van der Waals surface area contributed by atoms with E-state index in [-0.39, 0.29) is 17.4 Å². The summed E-state index contributed by atoms with van der Waals surface area (Å²) >= 11 is 13.0. The van der Waals surface area contributed by atoms with Crippen LogP contribution in [-0.2, 0) is 19.6 Å². The van der Waals surface area contributed by atoms with E-state index in [0.29, 0.717) is 57.7 Å². The molecule has 0 atom stereocenters. The van der Waals surface area contributed by atoms with Crippen molar-refractivity contribution in [1.82, 2.24) is 19.4 Å². The van der Waals surface area contributed by atoms with Gasteiger partial charge in [-0.3, -0.25) is 4.79 Å². The van der Waals surface area contributed by atoms with Crippen molar-refractivity contribution in [3.05, 3.63) is 62.4 Å². The Balaban J connectivity index is 1.68. The summed E-state index contributed by atoms with van der Waals surface area (Å²) in [6, 6.07) is 5.71. The fraction of sp³-hybridized carbons (Fsp3) is 0.391. The molecule has 0 spiro atoms. The molecule has 1 saturated heterocycles. The zero-order valence-corrected chi connectivity index (χ0v) is 20.1. The number of hydrogen-bond acceptors (Lipinski definition) is 3. The molecule has 3 aromatic rings. The Labute approximate surface area is 199 Å². The van der Waals surface area contributed by atoms with Crippen molar-refractivity contribution in [3.63, 3.8) is 0 Å². The average molecular weight is 499 g/mol. The molecule has 176 valence electrons. The Bertz CT molecular complexity index is 1250. The minimum absolute atomic E-state index is 0.172. The summed E-state index contributed by atoms with van der Waals surface area (Å²) in [5, 5.41) is 0.603. The summed E-state index contributed by atoms with van der Waals surface area (Å²) in [5.74, 6) is 0.323. The lowest BCUT2D eigenvalue weighted by molar-refractivity contribution is -0.137. The zero-order valence-electron chi connectivity index (χ0n) is 18.6. The normalized spacial score (nSPS) is 14.9. The molecule has 1 amide bonds. The summed E-state index contributed by atoms with van der Waals surface area (Å²) in [4.78, 5) is 21.3. The second-order valence-electron chi connectivity index (χ2n) is 8.64. The number of rotatable bonds is 4. The van der Waals surface area contributed by atoms with Crippen molar-refractivity contribution < 1.29 is 18.0 Å². The van der Waals surface area contributed by atoms with E-state index in [2.05, 4.69) is 9.88 Å². The van der Waals surface area contributed by atoms with Crippen LogP contribution in [0.15, 0.2) is 24.3 Å². The zero-order chi connectivity index (χ0) is 24.2. The molecular formula is C23H23Cl2F3N4O. The van der Waals surface area contributed by atoms with Crippen molar-refractivity contribution in [2.75, 3.05) is 27.2 Å². The molecule has 1 aliphatic rings. The van der Waals surface area contributed by atoms with Crippen LogP contribution >= 0.6 is 23.2 Å². The van der Waals surface area contributed by atoms with E-state index < -0.39 is 11.7 Å². The highest BCUT2D eigenvalue weighted by Crippen LogP contribution is 2.35. The molecule has 2 heterocycles. The second kappa shape index (κ2) is 8.49. The Morgan fingerprint density at radius 2 is 1.88 bits per heavy atom. The van der Waals surface area contributed by atoms with Gasteiger partial charge in [-0.1, -0.05) is 23.2 Å². The summed E-state index contributed by atoms with van der Waals surface area (Å²) in [5.41, 5.74) is 1.42. The van der Waals surface area contributed by atoms with Gasteiger partial charge in [0.25, 0.3) is 5.91 Å². The molecule has 1 aromatic heterocycles. The van der Waals surface area contributed by atoms with Crippen LogP contribution in [0.5, 0.6) is 0 Å². The van der Waals surface area contributed by atoms with Crippen molar-refractivity contribution in [3.8, 4) is 0 Å². The molecule has 4 rings (SSSR count). The Morgan fingerprint density at radius 1 is 1.21 bits per heavy atom. The number of amides is 1. The first-order chi connectivity index (χ1) is 15.4. The van der Waals surface area contributed by atoms with Gasteiger partial charge in [-0.25, -0.2) is 4.98 Å². The Hall–Kier alpha value is -2.29. The van der Waals surface area contributed by atoms with Crippen LogP contribution < -0.4 is 0 Å². The monoisotopic (exact) mass is 498 g/mol. The molecule has 0 unspecified atom stereocenters. The van der Waals surface area contributed by atoms with Crippen LogP contribution in [0, 0.1) is 6.92 Å². The molecule has 0 saturated carbocycles. The van der Waals surface area contributed by atoms with E-state index in [4.69, 9.17) is 23.2 Å². The number of aromatic nitrogens is 2. The summed E-state index contributed by atoms with van der Waals surface area (Å²) in [6.45, 7) is 2.83. The van der Waals surface area contributed by atoms with Crippen molar-refractivity contribution in [1.29, 1.82) is 0 Å². The minimum Gasteiger partial charge on any atom is -0.335 e. The van der Waals surface area contributed by atoms with Gasteiger partial charge in [-0.05, 0) is 56.4 Å². The van der Waals surface area contributed by atoms with Crippen molar-refractivity contribution in [2.45, 2.75) is 25.6 Å². The number of nitrogens with zero attached hydrogens (tertiary/aromatic N) is 4. The second-order valence-corrected chi connectivity index (χ2v) is 9.42. The summed E-state index contributed by atoms with van der Waals surface area (Å²) in [6.07, 6.45) is -4.28. The summed E-state index contributed by atoms with van der Waals surface area (Å²) in [7, 11) is 5.59. The van der Waals surface area contributed by atoms with Gasteiger partial charge >= 0.3 is 6.18 Å². The van der Waals surface area contributed by atoms with Crippen LogP contribution in [0.4, 0.5) is 13.2 Å². The van der Waals surface area contributed by atoms with Crippen LogP contribution in [0.1, 0.15) is 32.9 Å². The number of halogens is 5. The number of likely N-dealkylation sites (tertiary alicyclic amines) is 1. The largest absolute Gasteiger partial charge is 0.416 e. The van der Waals surface area contributed by atoms with Gasteiger partial charge in [0, 0.05) is 37.6 Å². The fourth-order valence-electron chi connectivity index (χ4n) is 4.03. The van der Waals surface area contributed by atoms with E-state index in [1.54, 1.807) is 35.6 Å². The number of imidazole rings is 1. The van der Waals surface area contributed by atoms with E-state index in [1.807, 2.05) is 14.1 Å². The molecule has 1 fully saturated rings. The van der Waals surface area contributed by atoms with Gasteiger partial charge in [-0.2, -0.15) is 13.2 Å². The molecule has 0 aliphatic carbocycles. The maximum Gasteiger partial charge on any atom is 0.416 e. The Morgan fingerprint density at radius 3 is 2.48 bits per heavy atom. The molecule has 2 aromatic carbocycles. The highest BCUT2D eigenvalue weighted by Gasteiger charge is 2.34. The molecular weight excluding hydrogens is 476 g/mol. The number of aryl methyl sites for hydroxylation is 2. The molecule has 0 bridgehead atoms. The first-order valence-corrected chi connectivity index (χ1v) is 11.1. The third kappa shape index (κ3) is 4.32. The predicted octanol–water partition coefficient (Wildman–Crippen LogP) is 5.18. The number of carbonyl (C=O) groups is 1. The van der Waals surface area contributed by atoms with Crippen LogP contribution in [0.2, 0.25) is 10.0 Å². The first-order valence-electron chi connectivity index (χ1n) is 10.3. The molecule has 10 heteroatoms. The van der Waals surface area contributed by atoms with Gasteiger partial charge in [0.15, 0.2) is 0 Å². The number of likely N-dealkylation sites (N-methyl/N-ethyl adjacent to an activating group) is 1. The van der Waals surface area contributed by atoms with Crippen LogP contribution in [0.25, 0.3) is 11.0 Å². The molecule has 5 nitrogen and oxygen atoms in total. The topological polar surface area (TPSA) is 41.4 Å². The van der Waals surface area contributed by atoms with Gasteiger partial charge < -0.3 is 14.4 Å². The standard InChI is InChI=1S/C23H23Cl2F3N4O/c1-12-7-13(23(26,27)28)8-18-21(12)29-19(31(18)4)9-16-17(24)6-5-15(20(16)25)22(33)32-10-14(11-32)30(2)3/h5-8,14H,9-11H2,1-4H3. The number of hydrogen-bond donors (Lipinski definition) is 0. The van der Waals surface area contributed by atoms with Crippen molar-refractivity contribution in [2.24, 2.45) is 7.05 Å². The highest BCUT2D eigenvalue weighted by molar-refractivity contribution is 6.38. The predicted molar refractivity (Wildman–Crippen MR) is 123 cm³/mol. The average Bonchev–Trinajstić information content (AvgIpc) is 2.99. The lowest BCUT2D eigenvalue weighted by Crippen LogP contribution is -2.59. The van der Waals surface area contributed by atoms with Gasteiger partial charge in [0.2, 0.25) is 0 Å². The van der Waals surface area contributed by atoms with E-state index in [9.17, 15) is 18.0 Å². The third-order valence-corrected chi connectivity index (χ3v) is 7.01. The summed E-state index contributed by atoms with van der Waals surface area (Å²) < 4.78 is 41.4. The maximum absolute atomic E-state index is 13.3. The van der Waals surface area contributed by atoms with Gasteiger partial charge in [0.05, 0.1) is 27.2 Å². The lowest BCUT2D eigenvalue weighted by Gasteiger charge is -2.42. The number of benzene rings is 2. The molecule has 1 aliphatic heterocycles. The van der Waals surface area contributed by atoms with Gasteiger partial charge in [0.1, 0.15) is 5.82 Å². The molecule has 0 N–H and O–H groups in total. The highest BCUT2D eigenvalue weighted by atomic mass is 35.5. The number of fused-ring (bicyclic) bond motifs is 1. The van der Waals surface area contributed by atoms with Crippen LogP contribution in [-0.4, -0.2) is 58.5 Å². The quantitative estimate of drug-likeness (QED) is 0.497. The lowest BCUT2D eigenvalue weighted by atomic mass is 10.0. The van der Waals surface area contributed by atoms with E-state index >= 15 is 0 Å². The third-order valence-electron chi connectivity index (χ3n) is 6.23. The number of carbonyl (C=O) groups excluding carboxylic acids is 1. The Kier molecular flexibility index (Phi) is 6.14. The maximum atomic E-state index is 13.3. The smallest absolute Gasteiger partial charge is 0.335 e. The fourth-order valence-corrected chi connectivity index (χ4v) is 4.61. The van der Waals surface area contributed by atoms with Crippen LogP contribution in [0.3, 0.4) is 0 Å².